The van der Waals surface area contributed by atoms with E-state index in [2.05, 4.69) is 47.3 Å². The zero-order chi connectivity index (χ0) is 16.5. The Morgan fingerprint density at radius 2 is 2.23 bits per heavy atom. The van der Waals surface area contributed by atoms with Crippen molar-refractivity contribution in [3.63, 3.8) is 0 Å². The van der Waals surface area contributed by atoms with Gasteiger partial charge in [0.25, 0.3) is 0 Å². The number of aromatic amines is 1. The third kappa shape index (κ3) is 4.08. The van der Waals surface area contributed by atoms with Crippen LogP contribution in [0.5, 0.6) is 0 Å². The third-order valence-electron chi connectivity index (χ3n) is 3.94. The van der Waals surface area contributed by atoms with E-state index in [0.29, 0.717) is 13.0 Å². The van der Waals surface area contributed by atoms with Crippen molar-refractivity contribution in [1.82, 2.24) is 20.4 Å². The van der Waals surface area contributed by atoms with Crippen LogP contribution in [0.25, 0.3) is 0 Å². The first-order valence-corrected chi connectivity index (χ1v) is 8.01. The summed E-state index contributed by atoms with van der Waals surface area (Å²) in [5.41, 5.74) is 8.15. The molecule has 2 heterocycles. The van der Waals surface area contributed by atoms with Gasteiger partial charge >= 0.3 is 0 Å². The lowest BCUT2D eigenvalue weighted by molar-refractivity contribution is -0.126. The fourth-order valence-corrected chi connectivity index (χ4v) is 2.81. The molecule has 0 unspecified atom stereocenters. The molecule has 1 fully saturated rings. The summed E-state index contributed by atoms with van der Waals surface area (Å²) >= 11 is 0. The highest BCUT2D eigenvalue weighted by Crippen LogP contribution is 2.23. The first-order chi connectivity index (χ1) is 10.2. The number of carbonyl (C=O) groups excluding carboxylic acids is 1. The quantitative estimate of drug-likeness (QED) is 0.778. The van der Waals surface area contributed by atoms with Crippen molar-refractivity contribution < 1.29 is 4.79 Å². The van der Waals surface area contributed by atoms with Gasteiger partial charge in [0.1, 0.15) is 0 Å². The average Bonchev–Trinajstić information content (AvgIpc) is 2.95. The van der Waals surface area contributed by atoms with E-state index in [1.54, 1.807) is 0 Å². The van der Waals surface area contributed by atoms with Crippen LogP contribution in [0.3, 0.4) is 0 Å². The summed E-state index contributed by atoms with van der Waals surface area (Å²) in [6.07, 6.45) is 0.707. The highest BCUT2D eigenvalue weighted by Gasteiger charge is 2.35. The minimum Gasteiger partial charge on any atom is -0.353 e. The Kier molecular flexibility index (Phi) is 4.92. The molecule has 1 aromatic heterocycles. The molecular weight excluding hydrogens is 278 g/mol. The Morgan fingerprint density at radius 1 is 1.55 bits per heavy atom. The molecule has 1 aliphatic heterocycles. The highest BCUT2D eigenvalue weighted by atomic mass is 16.2. The van der Waals surface area contributed by atoms with Gasteiger partial charge < -0.3 is 11.1 Å². The van der Waals surface area contributed by atoms with Crippen LogP contribution in [0.1, 0.15) is 52.4 Å². The van der Waals surface area contributed by atoms with Gasteiger partial charge in [-0.1, -0.05) is 20.8 Å². The topological polar surface area (TPSA) is 87.0 Å². The van der Waals surface area contributed by atoms with Gasteiger partial charge in [-0.25, -0.2) is 0 Å². The van der Waals surface area contributed by atoms with Gasteiger partial charge in [0.15, 0.2) is 0 Å². The van der Waals surface area contributed by atoms with Crippen LogP contribution in [0.2, 0.25) is 0 Å². The lowest BCUT2D eigenvalue weighted by Gasteiger charge is -2.23. The molecule has 0 radical (unpaired) electrons. The first-order valence-electron chi connectivity index (χ1n) is 8.01. The van der Waals surface area contributed by atoms with Crippen LogP contribution < -0.4 is 11.1 Å². The van der Waals surface area contributed by atoms with E-state index in [1.165, 1.54) is 0 Å². The summed E-state index contributed by atoms with van der Waals surface area (Å²) < 4.78 is 0. The van der Waals surface area contributed by atoms with E-state index in [4.69, 9.17) is 5.73 Å². The minimum absolute atomic E-state index is 0.0184. The van der Waals surface area contributed by atoms with Gasteiger partial charge in [0, 0.05) is 36.3 Å². The van der Waals surface area contributed by atoms with Gasteiger partial charge in [-0.3, -0.25) is 14.8 Å². The van der Waals surface area contributed by atoms with Crippen molar-refractivity contribution in [2.75, 3.05) is 6.54 Å². The zero-order valence-corrected chi connectivity index (χ0v) is 14.3. The van der Waals surface area contributed by atoms with E-state index >= 15 is 0 Å². The van der Waals surface area contributed by atoms with Crippen molar-refractivity contribution in [3.8, 4) is 0 Å². The minimum atomic E-state index is -0.154. The maximum atomic E-state index is 12.3. The second-order valence-corrected chi connectivity index (χ2v) is 7.63. The molecule has 6 heteroatoms. The van der Waals surface area contributed by atoms with Gasteiger partial charge in [0.2, 0.25) is 5.91 Å². The normalized spacial score (nSPS) is 23.2. The van der Waals surface area contributed by atoms with Crippen molar-refractivity contribution in [2.45, 2.75) is 71.1 Å². The fourth-order valence-electron chi connectivity index (χ4n) is 2.81. The number of nitrogens with two attached hydrogens (primary N) is 1. The summed E-state index contributed by atoms with van der Waals surface area (Å²) in [5, 5.41) is 10.5. The number of H-pyrrole nitrogens is 1. The van der Waals surface area contributed by atoms with E-state index in [9.17, 15) is 4.79 Å². The van der Waals surface area contributed by atoms with Crippen molar-refractivity contribution in [3.05, 3.63) is 17.5 Å². The van der Waals surface area contributed by atoms with Gasteiger partial charge in [-0.2, -0.15) is 5.10 Å². The van der Waals surface area contributed by atoms with Crippen LogP contribution in [0.4, 0.5) is 0 Å². The largest absolute Gasteiger partial charge is 0.353 e. The second-order valence-electron chi connectivity index (χ2n) is 7.63. The molecule has 6 nitrogen and oxygen atoms in total. The molecule has 124 valence electrons. The Labute approximate surface area is 132 Å². The molecule has 2 rings (SSSR count). The lowest BCUT2D eigenvalue weighted by atomic mass is 9.92. The molecule has 0 aromatic carbocycles. The number of hydrogen-bond donors (Lipinski definition) is 3. The predicted molar refractivity (Wildman–Crippen MR) is 87.4 cm³/mol. The monoisotopic (exact) mass is 307 g/mol. The molecule has 0 aliphatic carbocycles. The molecule has 0 spiro atoms. The predicted octanol–water partition coefficient (Wildman–Crippen LogP) is 1.13. The second kappa shape index (κ2) is 6.38. The van der Waals surface area contributed by atoms with Gasteiger partial charge in [0.05, 0.1) is 11.7 Å². The Bertz CT molecular complexity index is 517. The molecule has 1 saturated heterocycles. The first kappa shape index (κ1) is 17.0. The molecule has 22 heavy (non-hydrogen) atoms. The molecular formula is C16H29N5O. The van der Waals surface area contributed by atoms with E-state index < -0.39 is 0 Å². The summed E-state index contributed by atoms with van der Waals surface area (Å²) in [7, 11) is 0. The third-order valence-corrected chi connectivity index (χ3v) is 3.94. The van der Waals surface area contributed by atoms with E-state index in [-0.39, 0.29) is 29.4 Å². The number of nitrogens with one attached hydrogen (secondary N) is 2. The Balaban J connectivity index is 2.06. The van der Waals surface area contributed by atoms with E-state index in [1.807, 2.05) is 13.8 Å². The molecule has 1 aromatic rings. The van der Waals surface area contributed by atoms with Crippen molar-refractivity contribution >= 4 is 5.91 Å². The van der Waals surface area contributed by atoms with Crippen LogP contribution >= 0.6 is 0 Å². The van der Waals surface area contributed by atoms with Gasteiger partial charge in [-0.05, 0) is 26.3 Å². The summed E-state index contributed by atoms with van der Waals surface area (Å²) in [6.45, 7) is 11.8. The van der Waals surface area contributed by atoms with Crippen molar-refractivity contribution in [1.29, 1.82) is 0 Å². The lowest BCUT2D eigenvalue weighted by Crippen LogP contribution is -2.45. The van der Waals surface area contributed by atoms with Crippen LogP contribution in [-0.4, -0.2) is 45.7 Å². The number of hydrogen-bond acceptors (Lipinski definition) is 4. The number of carbonyl (C=O) groups is 1. The summed E-state index contributed by atoms with van der Waals surface area (Å²) in [4.78, 5) is 14.5. The Morgan fingerprint density at radius 3 is 2.77 bits per heavy atom. The average molecular weight is 307 g/mol. The molecule has 0 saturated carbocycles. The zero-order valence-electron chi connectivity index (χ0n) is 14.3. The van der Waals surface area contributed by atoms with E-state index in [0.717, 1.165) is 17.9 Å². The smallest absolute Gasteiger partial charge is 0.237 e. The van der Waals surface area contributed by atoms with Crippen LogP contribution in [0.15, 0.2) is 6.07 Å². The van der Waals surface area contributed by atoms with Crippen LogP contribution in [-0.2, 0) is 16.8 Å². The SMILES string of the molecule is CC(C)NC(=O)[C@@H]1C[C@@H](N)CN1Cc1cc(C(C)(C)C)n[nH]1. The number of nitrogens with zero attached hydrogens (tertiary/aromatic N) is 2. The summed E-state index contributed by atoms with van der Waals surface area (Å²) in [5.74, 6) is 0.0681. The standard InChI is InChI=1S/C16H29N5O/c1-10(2)18-15(22)13-6-11(17)8-21(13)9-12-7-14(20-19-12)16(3,4)5/h7,10-11,13H,6,8-9,17H2,1-5H3,(H,18,22)(H,19,20)/t11-,13+/m1/s1. The molecule has 4 N–H and O–H groups in total. The molecule has 2 atom stereocenters. The maximum Gasteiger partial charge on any atom is 0.237 e. The summed E-state index contributed by atoms with van der Waals surface area (Å²) in [6, 6.07) is 2.12. The molecule has 1 amide bonds. The highest BCUT2D eigenvalue weighted by molar-refractivity contribution is 5.82. The maximum absolute atomic E-state index is 12.3. The number of likely N-dealkylation sites (tertiary alicyclic amines) is 1. The Hall–Kier alpha value is -1.40. The number of rotatable bonds is 4. The molecule has 0 bridgehead atoms. The molecule has 1 aliphatic rings. The number of amides is 1. The number of aromatic nitrogens is 2. The van der Waals surface area contributed by atoms with Gasteiger partial charge in [-0.15, -0.1) is 0 Å². The van der Waals surface area contributed by atoms with Crippen molar-refractivity contribution in [2.24, 2.45) is 5.73 Å². The van der Waals surface area contributed by atoms with Crippen LogP contribution in [0, 0.1) is 0 Å². The fraction of sp³-hybridized carbons (Fsp3) is 0.750.